The topological polar surface area (TPSA) is 26.0 Å². The van der Waals surface area contributed by atoms with E-state index < -0.39 is 0 Å². The van der Waals surface area contributed by atoms with Crippen LogP contribution < -0.4 is 5.73 Å². The third kappa shape index (κ3) is 2.77. The predicted octanol–water partition coefficient (Wildman–Crippen LogP) is 4.89. The van der Waals surface area contributed by atoms with Crippen LogP contribution in [0.5, 0.6) is 0 Å². The fraction of sp³-hybridized carbons (Fsp3) is 0.529. The van der Waals surface area contributed by atoms with E-state index in [0.29, 0.717) is 5.41 Å². The van der Waals surface area contributed by atoms with E-state index in [4.69, 9.17) is 5.73 Å². The van der Waals surface area contributed by atoms with Crippen LogP contribution in [0, 0.1) is 11.3 Å². The van der Waals surface area contributed by atoms with E-state index in [2.05, 4.69) is 39.0 Å². The molecule has 1 aliphatic carbocycles. The summed E-state index contributed by atoms with van der Waals surface area (Å²) >= 11 is 0. The zero-order chi connectivity index (χ0) is 13.2. The molecular formula is C17H25N. The monoisotopic (exact) mass is 243 g/mol. The Morgan fingerprint density at radius 3 is 2.39 bits per heavy atom. The zero-order valence-electron chi connectivity index (χ0n) is 11.9. The van der Waals surface area contributed by atoms with Gasteiger partial charge in [0.2, 0.25) is 0 Å². The molecule has 98 valence electrons. The first-order valence-electron chi connectivity index (χ1n) is 7.08. The van der Waals surface area contributed by atoms with Gasteiger partial charge in [-0.15, -0.1) is 0 Å². The fourth-order valence-electron chi connectivity index (χ4n) is 2.79. The highest BCUT2D eigenvalue weighted by Crippen LogP contribution is 2.41. The van der Waals surface area contributed by atoms with E-state index in [1.165, 1.54) is 36.8 Å². The third-order valence-corrected chi connectivity index (χ3v) is 4.71. The smallest absolute Gasteiger partial charge is 0.0314 e. The molecule has 0 saturated carbocycles. The molecule has 0 aromatic heterocycles. The second-order valence-electron chi connectivity index (χ2n) is 6.16. The van der Waals surface area contributed by atoms with E-state index in [-0.39, 0.29) is 0 Å². The maximum absolute atomic E-state index is 5.73. The van der Waals surface area contributed by atoms with E-state index >= 15 is 0 Å². The molecule has 1 aromatic rings. The van der Waals surface area contributed by atoms with Crippen LogP contribution in [0.25, 0.3) is 5.57 Å². The average Bonchev–Trinajstić information content (AvgIpc) is 2.40. The van der Waals surface area contributed by atoms with Gasteiger partial charge in [-0.25, -0.2) is 0 Å². The molecule has 0 spiro atoms. The largest absolute Gasteiger partial charge is 0.399 e. The second kappa shape index (κ2) is 5.17. The summed E-state index contributed by atoms with van der Waals surface area (Å²) in [6, 6.07) is 8.29. The molecule has 0 amide bonds. The Labute approximate surface area is 111 Å². The number of anilines is 1. The Bertz CT molecular complexity index is 425. The first-order chi connectivity index (χ1) is 8.53. The minimum absolute atomic E-state index is 0.475. The summed E-state index contributed by atoms with van der Waals surface area (Å²) in [5, 5.41) is 0. The van der Waals surface area contributed by atoms with Gasteiger partial charge in [-0.3, -0.25) is 0 Å². The highest BCUT2D eigenvalue weighted by atomic mass is 14.5. The number of nitrogen functional groups attached to an aromatic ring is 1. The van der Waals surface area contributed by atoms with Gasteiger partial charge in [0.15, 0.2) is 0 Å². The van der Waals surface area contributed by atoms with Crippen molar-refractivity contribution in [2.45, 2.75) is 46.5 Å². The lowest BCUT2D eigenvalue weighted by molar-refractivity contribution is 0.190. The van der Waals surface area contributed by atoms with Crippen molar-refractivity contribution in [3.8, 4) is 0 Å². The molecule has 0 saturated heterocycles. The lowest BCUT2D eigenvalue weighted by atomic mass is 9.70. The van der Waals surface area contributed by atoms with Gasteiger partial charge in [0, 0.05) is 5.69 Å². The van der Waals surface area contributed by atoms with Gasteiger partial charge in [-0.05, 0) is 53.9 Å². The first-order valence-corrected chi connectivity index (χ1v) is 7.08. The molecule has 1 aliphatic rings. The predicted molar refractivity (Wildman–Crippen MR) is 80.2 cm³/mol. The van der Waals surface area contributed by atoms with E-state index in [1.807, 2.05) is 12.1 Å². The van der Waals surface area contributed by atoms with Crippen LogP contribution in [0.1, 0.15) is 52.0 Å². The number of rotatable bonds is 3. The van der Waals surface area contributed by atoms with Gasteiger partial charge in [0.1, 0.15) is 0 Å². The van der Waals surface area contributed by atoms with Crippen molar-refractivity contribution in [3.05, 3.63) is 35.9 Å². The number of hydrogen-bond acceptors (Lipinski definition) is 1. The molecule has 0 aliphatic heterocycles. The minimum Gasteiger partial charge on any atom is -0.399 e. The van der Waals surface area contributed by atoms with Crippen LogP contribution in [0.4, 0.5) is 5.69 Å². The zero-order valence-corrected chi connectivity index (χ0v) is 11.9. The van der Waals surface area contributed by atoms with Crippen LogP contribution in [0.15, 0.2) is 30.3 Å². The maximum atomic E-state index is 5.73. The van der Waals surface area contributed by atoms with Gasteiger partial charge in [-0.2, -0.15) is 0 Å². The van der Waals surface area contributed by atoms with Crippen molar-refractivity contribution in [3.63, 3.8) is 0 Å². The molecule has 1 heteroatoms. The van der Waals surface area contributed by atoms with E-state index in [9.17, 15) is 0 Å². The Kier molecular flexibility index (Phi) is 3.79. The maximum Gasteiger partial charge on any atom is 0.0314 e. The molecule has 1 aromatic carbocycles. The standard InChI is InChI=1S/C17H25N/c1-4-17(2,3)15-9-5-13(6-10-15)14-7-11-16(18)12-8-14/h5,7-8,11-12,15H,4,6,9-10,18H2,1-3H3. The van der Waals surface area contributed by atoms with Crippen molar-refractivity contribution in [1.82, 2.24) is 0 Å². The van der Waals surface area contributed by atoms with Crippen LogP contribution in [-0.4, -0.2) is 0 Å². The Balaban J connectivity index is 2.09. The van der Waals surface area contributed by atoms with Crippen molar-refractivity contribution < 1.29 is 0 Å². The molecule has 1 nitrogen and oxygen atoms in total. The van der Waals surface area contributed by atoms with E-state index in [1.54, 1.807) is 0 Å². The molecular weight excluding hydrogens is 218 g/mol. The summed E-state index contributed by atoms with van der Waals surface area (Å²) in [5.74, 6) is 0.833. The van der Waals surface area contributed by atoms with Gasteiger partial charge in [0.25, 0.3) is 0 Å². The molecule has 18 heavy (non-hydrogen) atoms. The number of nitrogens with two attached hydrogens (primary N) is 1. The Morgan fingerprint density at radius 2 is 1.89 bits per heavy atom. The minimum atomic E-state index is 0.475. The third-order valence-electron chi connectivity index (χ3n) is 4.71. The first kappa shape index (κ1) is 13.2. The number of allylic oxidation sites excluding steroid dienone is 2. The summed E-state index contributed by atoms with van der Waals surface area (Å²) in [6.45, 7) is 7.11. The number of hydrogen-bond donors (Lipinski definition) is 1. The molecule has 1 atom stereocenters. The molecule has 0 fully saturated rings. The summed E-state index contributed by atoms with van der Waals surface area (Å²) < 4.78 is 0. The lowest BCUT2D eigenvalue weighted by Gasteiger charge is -2.35. The molecule has 1 unspecified atom stereocenters. The second-order valence-corrected chi connectivity index (χ2v) is 6.16. The molecule has 2 rings (SSSR count). The Hall–Kier alpha value is -1.24. The Morgan fingerprint density at radius 1 is 1.22 bits per heavy atom. The lowest BCUT2D eigenvalue weighted by Crippen LogP contribution is -2.24. The van der Waals surface area contributed by atoms with Crippen molar-refractivity contribution in [1.29, 1.82) is 0 Å². The molecule has 0 radical (unpaired) electrons. The van der Waals surface area contributed by atoms with Gasteiger partial charge in [-0.1, -0.05) is 45.4 Å². The fourth-order valence-corrected chi connectivity index (χ4v) is 2.79. The summed E-state index contributed by atoms with van der Waals surface area (Å²) in [4.78, 5) is 0. The normalized spacial score (nSPS) is 20.6. The molecule has 0 heterocycles. The SMILES string of the molecule is CCC(C)(C)C1CC=C(c2ccc(N)cc2)CC1. The quantitative estimate of drug-likeness (QED) is 0.752. The van der Waals surface area contributed by atoms with Crippen LogP contribution >= 0.6 is 0 Å². The summed E-state index contributed by atoms with van der Waals surface area (Å²) in [6.07, 6.45) is 7.45. The molecule has 0 bridgehead atoms. The molecule has 2 N–H and O–H groups in total. The van der Waals surface area contributed by atoms with Crippen molar-refractivity contribution in [2.24, 2.45) is 11.3 Å². The van der Waals surface area contributed by atoms with Crippen molar-refractivity contribution in [2.75, 3.05) is 5.73 Å². The van der Waals surface area contributed by atoms with Gasteiger partial charge < -0.3 is 5.73 Å². The highest BCUT2D eigenvalue weighted by molar-refractivity contribution is 5.67. The highest BCUT2D eigenvalue weighted by Gasteiger charge is 2.28. The summed E-state index contributed by atoms with van der Waals surface area (Å²) in [7, 11) is 0. The summed E-state index contributed by atoms with van der Waals surface area (Å²) in [5.41, 5.74) is 9.90. The van der Waals surface area contributed by atoms with Gasteiger partial charge in [0.05, 0.1) is 0 Å². The van der Waals surface area contributed by atoms with Crippen molar-refractivity contribution >= 4 is 11.3 Å². The van der Waals surface area contributed by atoms with Crippen LogP contribution in [0.3, 0.4) is 0 Å². The van der Waals surface area contributed by atoms with Gasteiger partial charge >= 0.3 is 0 Å². The average molecular weight is 243 g/mol. The van der Waals surface area contributed by atoms with Crippen LogP contribution in [0.2, 0.25) is 0 Å². The van der Waals surface area contributed by atoms with E-state index in [0.717, 1.165) is 11.6 Å². The number of benzene rings is 1. The van der Waals surface area contributed by atoms with Crippen LogP contribution in [-0.2, 0) is 0 Å².